The van der Waals surface area contributed by atoms with Crippen LogP contribution in [0.25, 0.3) is 0 Å². The summed E-state index contributed by atoms with van der Waals surface area (Å²) >= 11 is 6.23. The van der Waals surface area contributed by atoms with Gasteiger partial charge in [0.1, 0.15) is 0 Å². The van der Waals surface area contributed by atoms with Gasteiger partial charge >= 0.3 is 0 Å². The van der Waals surface area contributed by atoms with Gasteiger partial charge < -0.3 is 10.2 Å². The topological polar surface area (TPSA) is 15.3 Å². The number of halogens is 1. The lowest BCUT2D eigenvalue weighted by Gasteiger charge is -2.38. The summed E-state index contributed by atoms with van der Waals surface area (Å²) in [6.45, 7) is 6.53. The third-order valence-corrected chi connectivity index (χ3v) is 4.19. The molecule has 2 atom stereocenters. The number of anilines is 1. The first-order valence-corrected chi connectivity index (χ1v) is 6.32. The van der Waals surface area contributed by atoms with Crippen molar-refractivity contribution in [1.29, 1.82) is 0 Å². The van der Waals surface area contributed by atoms with Crippen LogP contribution < -0.4 is 10.2 Å². The summed E-state index contributed by atoms with van der Waals surface area (Å²) < 4.78 is 0. The van der Waals surface area contributed by atoms with Gasteiger partial charge in [-0.1, -0.05) is 17.7 Å². The lowest BCUT2D eigenvalue weighted by Crippen LogP contribution is -2.54. The highest BCUT2D eigenvalue weighted by atomic mass is 35.5. The Balaban J connectivity index is 2.06. The molecule has 2 heterocycles. The van der Waals surface area contributed by atoms with Crippen molar-refractivity contribution in [1.82, 2.24) is 5.32 Å². The maximum Gasteiger partial charge on any atom is 0.0459 e. The first-order valence-electron chi connectivity index (χ1n) is 5.95. The number of hydrogen-bond acceptors (Lipinski definition) is 2. The standard InChI is InChI=1S/C13H17ClN2/c1-8-3-10-4-11-7-15-6-9(2)16(11)13(10)5-12(8)14/h3,5,9,11,15H,4,6-7H2,1-2H3/t9?,11-/m0/s1. The van der Waals surface area contributed by atoms with E-state index in [1.807, 2.05) is 0 Å². The molecule has 3 rings (SSSR count). The second-order valence-electron chi connectivity index (χ2n) is 5.00. The van der Waals surface area contributed by atoms with E-state index < -0.39 is 0 Å². The highest BCUT2D eigenvalue weighted by Gasteiger charge is 2.35. The van der Waals surface area contributed by atoms with Gasteiger partial charge in [0.2, 0.25) is 0 Å². The molecule has 0 saturated carbocycles. The monoisotopic (exact) mass is 236 g/mol. The van der Waals surface area contributed by atoms with E-state index in [-0.39, 0.29) is 0 Å². The largest absolute Gasteiger partial charge is 0.363 e. The number of benzene rings is 1. The van der Waals surface area contributed by atoms with Gasteiger partial charge in [-0.25, -0.2) is 0 Å². The molecule has 1 aromatic rings. The summed E-state index contributed by atoms with van der Waals surface area (Å²) in [5, 5.41) is 4.39. The molecule has 2 aliphatic rings. The quantitative estimate of drug-likeness (QED) is 0.744. The van der Waals surface area contributed by atoms with Crippen molar-refractivity contribution < 1.29 is 0 Å². The molecule has 1 N–H and O–H groups in total. The fourth-order valence-corrected chi connectivity index (χ4v) is 3.17. The number of aryl methyl sites for hydroxylation is 1. The van der Waals surface area contributed by atoms with Gasteiger partial charge in [-0.2, -0.15) is 0 Å². The average Bonchev–Trinajstić information content (AvgIpc) is 2.58. The molecule has 0 radical (unpaired) electrons. The minimum absolute atomic E-state index is 0.568. The van der Waals surface area contributed by atoms with E-state index in [1.165, 1.54) is 16.8 Å². The maximum atomic E-state index is 6.23. The molecule has 1 aromatic carbocycles. The van der Waals surface area contributed by atoms with Gasteiger partial charge in [0.15, 0.2) is 0 Å². The fraction of sp³-hybridized carbons (Fsp3) is 0.538. The Morgan fingerprint density at radius 2 is 2.19 bits per heavy atom. The maximum absolute atomic E-state index is 6.23. The molecular weight excluding hydrogens is 220 g/mol. The Morgan fingerprint density at radius 1 is 1.38 bits per heavy atom. The van der Waals surface area contributed by atoms with Crippen LogP contribution in [-0.4, -0.2) is 25.2 Å². The molecule has 86 valence electrons. The second-order valence-corrected chi connectivity index (χ2v) is 5.41. The number of nitrogens with one attached hydrogen (secondary N) is 1. The van der Waals surface area contributed by atoms with Crippen molar-refractivity contribution in [3.8, 4) is 0 Å². The first kappa shape index (κ1) is 10.4. The summed E-state index contributed by atoms with van der Waals surface area (Å²) in [6, 6.07) is 5.59. The van der Waals surface area contributed by atoms with E-state index in [2.05, 4.69) is 36.2 Å². The Kier molecular flexibility index (Phi) is 2.37. The van der Waals surface area contributed by atoms with Crippen LogP contribution in [0.1, 0.15) is 18.1 Å². The Hall–Kier alpha value is -0.730. The van der Waals surface area contributed by atoms with Gasteiger partial charge in [0.05, 0.1) is 0 Å². The van der Waals surface area contributed by atoms with E-state index >= 15 is 0 Å². The van der Waals surface area contributed by atoms with Crippen LogP contribution in [0, 0.1) is 6.92 Å². The fourth-order valence-electron chi connectivity index (χ4n) is 3.01. The number of fused-ring (bicyclic) bond motifs is 3. The highest BCUT2D eigenvalue weighted by Crippen LogP contribution is 2.38. The van der Waals surface area contributed by atoms with Crippen molar-refractivity contribution >= 4 is 17.3 Å². The second kappa shape index (κ2) is 3.64. The van der Waals surface area contributed by atoms with E-state index in [0.29, 0.717) is 12.1 Å². The Labute approximate surface area is 102 Å². The zero-order chi connectivity index (χ0) is 11.3. The Bertz CT molecular complexity index is 430. The minimum atomic E-state index is 0.568. The molecule has 0 aromatic heterocycles. The van der Waals surface area contributed by atoms with Crippen molar-refractivity contribution in [2.45, 2.75) is 32.4 Å². The lowest BCUT2D eigenvalue weighted by molar-refractivity contribution is 0.430. The number of rotatable bonds is 0. The molecule has 2 aliphatic heterocycles. The number of hydrogen-bond donors (Lipinski definition) is 1. The predicted octanol–water partition coefficient (Wildman–Crippen LogP) is 2.37. The normalized spacial score (nSPS) is 27.8. The Morgan fingerprint density at radius 3 is 3.00 bits per heavy atom. The van der Waals surface area contributed by atoms with Crippen LogP contribution in [0.5, 0.6) is 0 Å². The molecule has 1 saturated heterocycles. The SMILES string of the molecule is Cc1cc2c(cc1Cl)N1C(C)CNC[C@@H]1C2. The van der Waals surface area contributed by atoms with Crippen molar-refractivity contribution in [3.05, 3.63) is 28.3 Å². The molecular formula is C13H17ClN2. The summed E-state index contributed by atoms with van der Waals surface area (Å²) in [4.78, 5) is 2.54. The van der Waals surface area contributed by atoms with Crippen LogP contribution in [0.4, 0.5) is 5.69 Å². The van der Waals surface area contributed by atoms with E-state index in [0.717, 1.165) is 24.5 Å². The van der Waals surface area contributed by atoms with E-state index in [4.69, 9.17) is 11.6 Å². The minimum Gasteiger partial charge on any atom is -0.363 e. The van der Waals surface area contributed by atoms with Crippen LogP contribution in [-0.2, 0) is 6.42 Å². The third-order valence-electron chi connectivity index (χ3n) is 3.78. The smallest absolute Gasteiger partial charge is 0.0459 e. The molecule has 1 fully saturated rings. The van der Waals surface area contributed by atoms with Crippen molar-refractivity contribution in [2.24, 2.45) is 0 Å². The van der Waals surface area contributed by atoms with Crippen LogP contribution in [0.15, 0.2) is 12.1 Å². The first-order chi connectivity index (χ1) is 7.66. The number of piperazine rings is 1. The van der Waals surface area contributed by atoms with Crippen LogP contribution >= 0.6 is 11.6 Å². The molecule has 0 spiro atoms. The molecule has 0 aliphatic carbocycles. The highest BCUT2D eigenvalue weighted by molar-refractivity contribution is 6.31. The summed E-state index contributed by atoms with van der Waals surface area (Å²) in [5.74, 6) is 0. The lowest BCUT2D eigenvalue weighted by atomic mass is 10.1. The average molecular weight is 237 g/mol. The van der Waals surface area contributed by atoms with Gasteiger partial charge in [0, 0.05) is 35.9 Å². The molecule has 1 unspecified atom stereocenters. The molecule has 0 bridgehead atoms. The van der Waals surface area contributed by atoms with Gasteiger partial charge in [-0.05, 0) is 37.5 Å². The zero-order valence-electron chi connectivity index (χ0n) is 9.76. The summed E-state index contributed by atoms with van der Waals surface area (Å²) in [7, 11) is 0. The summed E-state index contributed by atoms with van der Waals surface area (Å²) in [5.41, 5.74) is 4.01. The van der Waals surface area contributed by atoms with Crippen molar-refractivity contribution in [2.75, 3.05) is 18.0 Å². The number of nitrogens with zero attached hydrogens (tertiary/aromatic N) is 1. The van der Waals surface area contributed by atoms with E-state index in [1.54, 1.807) is 0 Å². The molecule has 3 heteroatoms. The molecule has 2 nitrogen and oxygen atoms in total. The zero-order valence-corrected chi connectivity index (χ0v) is 10.5. The van der Waals surface area contributed by atoms with E-state index in [9.17, 15) is 0 Å². The molecule has 0 amide bonds. The van der Waals surface area contributed by atoms with Gasteiger partial charge in [-0.15, -0.1) is 0 Å². The summed E-state index contributed by atoms with van der Waals surface area (Å²) in [6.07, 6.45) is 1.16. The molecule has 16 heavy (non-hydrogen) atoms. The van der Waals surface area contributed by atoms with Crippen LogP contribution in [0.3, 0.4) is 0 Å². The third kappa shape index (κ3) is 1.44. The van der Waals surface area contributed by atoms with Gasteiger partial charge in [0.25, 0.3) is 0 Å². The van der Waals surface area contributed by atoms with Crippen molar-refractivity contribution in [3.63, 3.8) is 0 Å². The van der Waals surface area contributed by atoms with Crippen LogP contribution in [0.2, 0.25) is 5.02 Å². The van der Waals surface area contributed by atoms with Gasteiger partial charge in [-0.3, -0.25) is 0 Å². The predicted molar refractivity (Wildman–Crippen MR) is 68.5 cm³/mol.